The van der Waals surface area contributed by atoms with Crippen LogP contribution in [0, 0.1) is 19.8 Å². The smallest absolute Gasteiger partial charge is 0.213 e. The van der Waals surface area contributed by atoms with E-state index in [1.54, 1.807) is 13.0 Å². The molecule has 1 aromatic heterocycles. The van der Waals surface area contributed by atoms with E-state index < -0.39 is 5.95 Å². The van der Waals surface area contributed by atoms with E-state index in [9.17, 15) is 9.18 Å². The monoisotopic (exact) mass is 411 g/mol. The van der Waals surface area contributed by atoms with Crippen LogP contribution < -0.4 is 0 Å². The first-order chi connectivity index (χ1) is 12.4. The molecule has 4 heteroatoms. The number of nitrogens with zero attached hydrogens (tertiary/aromatic N) is 1. The lowest BCUT2D eigenvalue weighted by atomic mass is 9.83. The van der Waals surface area contributed by atoms with Crippen molar-refractivity contribution in [3.63, 3.8) is 0 Å². The van der Waals surface area contributed by atoms with Crippen LogP contribution in [0.4, 0.5) is 4.39 Å². The van der Waals surface area contributed by atoms with Crippen molar-refractivity contribution in [1.29, 1.82) is 0 Å². The highest BCUT2D eigenvalue weighted by atomic mass is 79.9. The molecule has 0 spiro atoms. The number of ketones is 1. The molecule has 0 aliphatic heterocycles. The molecule has 0 saturated heterocycles. The van der Waals surface area contributed by atoms with Crippen molar-refractivity contribution >= 4 is 21.7 Å². The Kier molecular flexibility index (Phi) is 5.62. The van der Waals surface area contributed by atoms with Crippen molar-refractivity contribution < 1.29 is 9.18 Å². The van der Waals surface area contributed by atoms with E-state index >= 15 is 0 Å². The lowest BCUT2D eigenvalue weighted by Crippen LogP contribution is -2.18. The van der Waals surface area contributed by atoms with Crippen LogP contribution in [0.3, 0.4) is 0 Å². The number of halogens is 2. The number of carbonyl (C=O) groups is 1. The van der Waals surface area contributed by atoms with Crippen LogP contribution in [-0.2, 0) is 11.2 Å². The van der Waals surface area contributed by atoms with Gasteiger partial charge in [0, 0.05) is 16.6 Å². The fourth-order valence-corrected chi connectivity index (χ4v) is 3.47. The number of Topliss-reactive ketones (excluding diaryl/α,β-unsaturated/α-hetero) is 1. The molecule has 0 N–H and O–H groups in total. The van der Waals surface area contributed by atoms with E-state index in [2.05, 4.69) is 20.9 Å². The molecule has 132 valence electrons. The Hall–Kier alpha value is -2.33. The summed E-state index contributed by atoms with van der Waals surface area (Å²) in [5.74, 6) is -0.906. The number of aromatic nitrogens is 1. The van der Waals surface area contributed by atoms with Crippen molar-refractivity contribution in [2.45, 2.75) is 26.2 Å². The lowest BCUT2D eigenvalue weighted by molar-refractivity contribution is -0.119. The molecule has 1 heterocycles. The molecule has 3 rings (SSSR count). The molecule has 0 fully saturated rings. The van der Waals surface area contributed by atoms with Crippen LogP contribution in [0.15, 0.2) is 65.1 Å². The van der Waals surface area contributed by atoms with Gasteiger partial charge in [0.25, 0.3) is 0 Å². The number of benzene rings is 2. The highest BCUT2D eigenvalue weighted by Crippen LogP contribution is 2.30. The molecule has 3 aromatic rings. The SMILES string of the molecule is Cc1cc(CC(=O)C(c2ccc(Br)cc2)c2ccccc2C)cc(F)n1. The standard InChI is InChI=1S/C22H19BrFNO/c1-14-5-3-4-6-19(14)22(17-7-9-18(23)10-8-17)20(26)12-16-11-15(2)25-21(24)13-16/h3-11,13,22H,12H2,1-2H3. The van der Waals surface area contributed by atoms with E-state index in [1.165, 1.54) is 6.07 Å². The van der Waals surface area contributed by atoms with Crippen LogP contribution >= 0.6 is 15.9 Å². The zero-order valence-electron chi connectivity index (χ0n) is 14.7. The van der Waals surface area contributed by atoms with Crippen LogP contribution in [0.1, 0.15) is 33.9 Å². The van der Waals surface area contributed by atoms with E-state index in [4.69, 9.17) is 0 Å². The second-order valence-corrected chi connectivity index (χ2v) is 7.34. The van der Waals surface area contributed by atoms with Gasteiger partial charge in [-0.3, -0.25) is 4.79 Å². The number of rotatable bonds is 5. The van der Waals surface area contributed by atoms with Crippen molar-refractivity contribution in [3.8, 4) is 0 Å². The summed E-state index contributed by atoms with van der Waals surface area (Å²) in [5, 5.41) is 0. The molecule has 2 aromatic carbocycles. The van der Waals surface area contributed by atoms with Crippen LogP contribution in [0.25, 0.3) is 0 Å². The first-order valence-corrected chi connectivity index (χ1v) is 9.20. The Balaban J connectivity index is 2.01. The van der Waals surface area contributed by atoms with Crippen LogP contribution in [0.5, 0.6) is 0 Å². The summed E-state index contributed by atoms with van der Waals surface area (Å²) in [6.45, 7) is 3.73. The number of hydrogen-bond donors (Lipinski definition) is 0. The summed E-state index contributed by atoms with van der Waals surface area (Å²) in [5.41, 5.74) is 4.19. The van der Waals surface area contributed by atoms with E-state index in [-0.39, 0.29) is 18.1 Å². The highest BCUT2D eigenvalue weighted by molar-refractivity contribution is 9.10. The molecule has 2 nitrogen and oxygen atoms in total. The van der Waals surface area contributed by atoms with Gasteiger partial charge in [0.15, 0.2) is 0 Å². The maximum Gasteiger partial charge on any atom is 0.213 e. The molecule has 0 saturated carbocycles. The Morgan fingerprint density at radius 2 is 1.77 bits per heavy atom. The van der Waals surface area contributed by atoms with Crippen molar-refractivity contribution in [1.82, 2.24) is 4.98 Å². The Labute approximate surface area is 161 Å². The summed E-state index contributed by atoms with van der Waals surface area (Å²) >= 11 is 3.44. The van der Waals surface area contributed by atoms with E-state index in [0.717, 1.165) is 21.2 Å². The molecule has 1 unspecified atom stereocenters. The van der Waals surface area contributed by atoms with Crippen molar-refractivity contribution in [2.75, 3.05) is 0 Å². The van der Waals surface area contributed by atoms with Gasteiger partial charge in [-0.2, -0.15) is 4.39 Å². The average molecular weight is 412 g/mol. The van der Waals surface area contributed by atoms with Gasteiger partial charge < -0.3 is 0 Å². The third-order valence-corrected chi connectivity index (χ3v) is 4.91. The van der Waals surface area contributed by atoms with Crippen LogP contribution in [0.2, 0.25) is 0 Å². The average Bonchev–Trinajstić information content (AvgIpc) is 2.57. The predicted molar refractivity (Wildman–Crippen MR) is 105 cm³/mol. The predicted octanol–water partition coefficient (Wildman–Crippen LogP) is 5.54. The lowest BCUT2D eigenvalue weighted by Gasteiger charge is -2.19. The minimum atomic E-state index is -0.552. The first-order valence-electron chi connectivity index (χ1n) is 8.41. The topological polar surface area (TPSA) is 30.0 Å². The molecule has 0 radical (unpaired) electrons. The molecule has 0 bridgehead atoms. The van der Waals surface area contributed by atoms with Crippen molar-refractivity contribution in [3.05, 3.63) is 99.0 Å². The fourth-order valence-electron chi connectivity index (χ4n) is 3.21. The number of carbonyl (C=O) groups excluding carboxylic acids is 1. The quantitative estimate of drug-likeness (QED) is 0.515. The van der Waals surface area contributed by atoms with Gasteiger partial charge in [0.2, 0.25) is 5.95 Å². The van der Waals surface area contributed by atoms with Gasteiger partial charge in [-0.15, -0.1) is 0 Å². The van der Waals surface area contributed by atoms with E-state index in [1.807, 2.05) is 55.5 Å². The zero-order chi connectivity index (χ0) is 18.7. The summed E-state index contributed by atoms with van der Waals surface area (Å²) in [7, 11) is 0. The third-order valence-electron chi connectivity index (χ3n) is 4.39. The normalized spacial score (nSPS) is 12.0. The largest absolute Gasteiger partial charge is 0.298 e. The van der Waals surface area contributed by atoms with E-state index in [0.29, 0.717) is 11.3 Å². The highest BCUT2D eigenvalue weighted by Gasteiger charge is 2.24. The second kappa shape index (κ2) is 7.92. The van der Waals surface area contributed by atoms with Gasteiger partial charge >= 0.3 is 0 Å². The molecule has 0 aliphatic rings. The Morgan fingerprint density at radius 3 is 2.42 bits per heavy atom. The summed E-state index contributed by atoms with van der Waals surface area (Å²) < 4.78 is 14.6. The van der Waals surface area contributed by atoms with Gasteiger partial charge in [-0.25, -0.2) is 4.98 Å². The maximum atomic E-state index is 13.6. The van der Waals surface area contributed by atoms with Crippen LogP contribution in [-0.4, -0.2) is 10.8 Å². The van der Waals surface area contributed by atoms with Crippen molar-refractivity contribution in [2.24, 2.45) is 0 Å². The van der Waals surface area contributed by atoms with Gasteiger partial charge in [0.1, 0.15) is 5.78 Å². The zero-order valence-corrected chi connectivity index (χ0v) is 16.3. The molecule has 0 amide bonds. The fraction of sp³-hybridized carbons (Fsp3) is 0.182. The number of pyridine rings is 1. The van der Waals surface area contributed by atoms with Gasteiger partial charge in [0.05, 0.1) is 5.92 Å². The maximum absolute atomic E-state index is 13.6. The molecule has 26 heavy (non-hydrogen) atoms. The summed E-state index contributed by atoms with van der Waals surface area (Å²) in [6, 6.07) is 18.8. The minimum absolute atomic E-state index is 0.0339. The van der Waals surface area contributed by atoms with Gasteiger partial charge in [-0.1, -0.05) is 52.3 Å². The third kappa shape index (κ3) is 4.25. The Bertz CT molecular complexity index is 917. The molecule has 1 atom stereocenters. The Morgan fingerprint density at radius 1 is 1.08 bits per heavy atom. The summed E-state index contributed by atoms with van der Waals surface area (Å²) in [4.78, 5) is 17.0. The minimum Gasteiger partial charge on any atom is -0.298 e. The molecular formula is C22H19BrFNO. The summed E-state index contributed by atoms with van der Waals surface area (Å²) in [6.07, 6.45) is 0.162. The first kappa shape index (κ1) is 18.5. The second-order valence-electron chi connectivity index (χ2n) is 6.42. The number of aryl methyl sites for hydroxylation is 2. The molecule has 0 aliphatic carbocycles. The van der Waals surface area contributed by atoms with Gasteiger partial charge in [-0.05, 0) is 60.4 Å². The molecular weight excluding hydrogens is 393 g/mol. The number of hydrogen-bond acceptors (Lipinski definition) is 2.